The largest absolute Gasteiger partial charge is 0.490 e. The first-order valence-electron chi connectivity index (χ1n) is 9.39. The zero-order valence-electron chi connectivity index (χ0n) is 17.9. The van der Waals surface area contributed by atoms with E-state index in [9.17, 15) is 36.6 Å². The number of hydrogen-bond acceptors (Lipinski definition) is 8. The highest BCUT2D eigenvalue weighted by Gasteiger charge is 2.54. The fraction of sp³-hybridized carbons (Fsp3) is 0.300. The number of aryl methyl sites for hydroxylation is 2. The summed E-state index contributed by atoms with van der Waals surface area (Å²) >= 11 is 0. The zero-order valence-corrected chi connectivity index (χ0v) is 17.9. The molecule has 0 spiro atoms. The van der Waals surface area contributed by atoms with Crippen molar-refractivity contribution in [2.24, 2.45) is 0 Å². The minimum atomic E-state index is -5.08. The first-order valence-corrected chi connectivity index (χ1v) is 9.39. The number of aromatic nitrogens is 3. The number of carbonyl (C=O) groups is 1. The Bertz CT molecular complexity index is 1210. The summed E-state index contributed by atoms with van der Waals surface area (Å²) in [6.07, 6.45) is -8.84. The lowest BCUT2D eigenvalue weighted by Crippen LogP contribution is -2.45. The van der Waals surface area contributed by atoms with Gasteiger partial charge in [-0.2, -0.15) is 26.3 Å². The highest BCUT2D eigenvalue weighted by Crippen LogP contribution is 2.40. The molecule has 0 amide bonds. The number of nitrogen functional groups attached to an aromatic ring is 1. The molecule has 0 fully saturated rings. The van der Waals surface area contributed by atoms with Gasteiger partial charge in [0.2, 0.25) is 5.60 Å². The Morgan fingerprint density at radius 1 is 1.11 bits per heavy atom. The maximum Gasteiger partial charge on any atom is 0.490 e. The van der Waals surface area contributed by atoms with Gasteiger partial charge in [0.1, 0.15) is 0 Å². The molecule has 0 bridgehead atoms. The summed E-state index contributed by atoms with van der Waals surface area (Å²) in [6.45, 7) is 1.86. The van der Waals surface area contributed by atoms with Crippen LogP contribution in [0.15, 0.2) is 35.0 Å². The van der Waals surface area contributed by atoms with Crippen LogP contribution in [-0.4, -0.2) is 55.4 Å². The zero-order chi connectivity index (χ0) is 26.8. The number of halogens is 6. The SMILES string of the molecule is Cc1cc(-c2nc(-c3cc(C(O)(CO)C(F)(F)F)ccc3C)cnc2N)on1.O=C(O)C(F)(F)F. The van der Waals surface area contributed by atoms with Crippen molar-refractivity contribution in [2.45, 2.75) is 31.8 Å². The van der Waals surface area contributed by atoms with Gasteiger partial charge in [-0.05, 0) is 31.0 Å². The third-order valence-corrected chi connectivity index (χ3v) is 4.59. The predicted octanol–water partition coefficient (Wildman–Crippen LogP) is 3.37. The van der Waals surface area contributed by atoms with Crippen LogP contribution in [0.3, 0.4) is 0 Å². The quantitative estimate of drug-likeness (QED) is 0.388. The van der Waals surface area contributed by atoms with E-state index in [4.69, 9.17) is 20.2 Å². The molecule has 2 heterocycles. The first-order chi connectivity index (χ1) is 16.0. The molecule has 0 saturated heterocycles. The van der Waals surface area contributed by atoms with Crippen molar-refractivity contribution >= 4 is 11.8 Å². The monoisotopic (exact) mass is 508 g/mol. The van der Waals surface area contributed by atoms with E-state index in [1.165, 1.54) is 12.3 Å². The number of anilines is 1. The van der Waals surface area contributed by atoms with E-state index in [2.05, 4.69) is 15.1 Å². The molecule has 1 unspecified atom stereocenters. The number of carboxylic acid groups (broad SMARTS) is 1. The lowest BCUT2D eigenvalue weighted by atomic mass is 9.90. The Morgan fingerprint density at radius 3 is 2.17 bits per heavy atom. The minimum absolute atomic E-state index is 0.0656. The van der Waals surface area contributed by atoms with Gasteiger partial charge in [-0.3, -0.25) is 0 Å². The summed E-state index contributed by atoms with van der Waals surface area (Å²) in [6, 6.07) is 5.22. The molecule has 0 saturated carbocycles. The van der Waals surface area contributed by atoms with E-state index in [1.807, 2.05) is 0 Å². The van der Waals surface area contributed by atoms with Gasteiger partial charge < -0.3 is 25.6 Å². The van der Waals surface area contributed by atoms with Crippen molar-refractivity contribution in [3.05, 3.63) is 47.3 Å². The fourth-order valence-electron chi connectivity index (χ4n) is 2.68. The molecule has 1 aromatic carbocycles. The number of hydrogen-bond donors (Lipinski definition) is 4. The summed E-state index contributed by atoms with van der Waals surface area (Å²) in [4.78, 5) is 17.3. The summed E-state index contributed by atoms with van der Waals surface area (Å²) < 4.78 is 76.7. The third kappa shape index (κ3) is 6.05. The molecule has 0 radical (unpaired) electrons. The van der Waals surface area contributed by atoms with Gasteiger partial charge in [0, 0.05) is 11.6 Å². The average molecular weight is 508 g/mol. The first kappa shape index (κ1) is 27.5. The van der Waals surface area contributed by atoms with Crippen LogP contribution < -0.4 is 5.73 Å². The van der Waals surface area contributed by atoms with E-state index in [1.54, 1.807) is 19.9 Å². The van der Waals surface area contributed by atoms with Crippen LogP contribution in [0.5, 0.6) is 0 Å². The van der Waals surface area contributed by atoms with Crippen LogP contribution in [0.1, 0.15) is 16.8 Å². The molecule has 2 aromatic heterocycles. The smallest absolute Gasteiger partial charge is 0.475 e. The normalized spacial score (nSPS) is 13.5. The number of aliphatic carboxylic acids is 1. The molecule has 0 aliphatic rings. The standard InChI is InChI=1S/C18H17F3N4O3.C2HF3O2/c1-9-3-4-11(17(27,8-26)18(19,20)21)6-12(9)13-7-23-16(22)15(24-13)14-5-10(2)25-28-14;3-2(4,5)1(6)7/h3-7,26-27H,8H2,1-2H3,(H2,22,23);(H,6,7). The molecule has 190 valence electrons. The molecule has 15 heteroatoms. The van der Waals surface area contributed by atoms with E-state index in [0.29, 0.717) is 16.8 Å². The minimum Gasteiger partial charge on any atom is -0.475 e. The van der Waals surface area contributed by atoms with E-state index < -0.39 is 36.1 Å². The second kappa shape index (κ2) is 9.87. The van der Waals surface area contributed by atoms with Gasteiger partial charge in [-0.25, -0.2) is 14.8 Å². The second-order valence-corrected chi connectivity index (χ2v) is 7.17. The molecule has 3 rings (SSSR count). The Kier molecular flexibility index (Phi) is 7.76. The number of benzene rings is 1. The van der Waals surface area contributed by atoms with Gasteiger partial charge in [0.05, 0.1) is 24.2 Å². The molecule has 3 aromatic rings. The van der Waals surface area contributed by atoms with Crippen molar-refractivity contribution < 1.29 is 51.0 Å². The van der Waals surface area contributed by atoms with Crippen molar-refractivity contribution in [3.63, 3.8) is 0 Å². The van der Waals surface area contributed by atoms with Crippen LogP contribution in [0.4, 0.5) is 32.2 Å². The van der Waals surface area contributed by atoms with Crippen molar-refractivity contribution in [3.8, 4) is 22.7 Å². The fourth-order valence-corrected chi connectivity index (χ4v) is 2.68. The maximum atomic E-state index is 13.3. The van der Waals surface area contributed by atoms with Gasteiger partial charge in [0.15, 0.2) is 17.3 Å². The Hall–Kier alpha value is -3.72. The van der Waals surface area contributed by atoms with Gasteiger partial charge >= 0.3 is 18.3 Å². The summed E-state index contributed by atoms with van der Waals surface area (Å²) in [7, 11) is 0. The highest BCUT2D eigenvalue weighted by molar-refractivity contribution is 5.73. The van der Waals surface area contributed by atoms with Crippen molar-refractivity contribution in [2.75, 3.05) is 12.3 Å². The number of rotatable bonds is 4. The van der Waals surface area contributed by atoms with Crippen molar-refractivity contribution in [1.82, 2.24) is 15.1 Å². The summed E-state index contributed by atoms with van der Waals surface area (Å²) in [5.74, 6) is -2.43. The van der Waals surface area contributed by atoms with Crippen LogP contribution >= 0.6 is 0 Å². The molecule has 0 aliphatic heterocycles. The second-order valence-electron chi connectivity index (χ2n) is 7.17. The van der Waals surface area contributed by atoms with E-state index in [-0.39, 0.29) is 23.0 Å². The number of carboxylic acids is 1. The number of nitrogens with two attached hydrogens (primary N) is 1. The Balaban J connectivity index is 0.000000540. The van der Waals surface area contributed by atoms with Crippen LogP contribution in [-0.2, 0) is 10.4 Å². The number of aliphatic hydroxyl groups excluding tert-OH is 1. The number of nitrogens with zero attached hydrogens (tertiary/aromatic N) is 3. The summed E-state index contributed by atoms with van der Waals surface area (Å²) in [5, 5.41) is 30.1. The van der Waals surface area contributed by atoms with Crippen LogP contribution in [0, 0.1) is 13.8 Å². The Labute approximate surface area is 192 Å². The Morgan fingerprint density at radius 2 is 1.71 bits per heavy atom. The molecule has 35 heavy (non-hydrogen) atoms. The molecule has 5 N–H and O–H groups in total. The highest BCUT2D eigenvalue weighted by atomic mass is 19.4. The van der Waals surface area contributed by atoms with Crippen LogP contribution in [0.2, 0.25) is 0 Å². The molecule has 9 nitrogen and oxygen atoms in total. The van der Waals surface area contributed by atoms with Gasteiger partial charge in [-0.15, -0.1) is 0 Å². The van der Waals surface area contributed by atoms with Crippen LogP contribution in [0.25, 0.3) is 22.7 Å². The lowest BCUT2D eigenvalue weighted by Gasteiger charge is -2.29. The molecule has 1 atom stereocenters. The lowest BCUT2D eigenvalue weighted by molar-refractivity contribution is -0.277. The van der Waals surface area contributed by atoms with Gasteiger partial charge in [-0.1, -0.05) is 17.3 Å². The summed E-state index contributed by atoms with van der Waals surface area (Å²) in [5.41, 5.74) is 3.81. The third-order valence-electron chi connectivity index (χ3n) is 4.59. The van der Waals surface area contributed by atoms with Gasteiger partial charge in [0.25, 0.3) is 0 Å². The van der Waals surface area contributed by atoms with Crippen molar-refractivity contribution in [1.29, 1.82) is 0 Å². The van der Waals surface area contributed by atoms with E-state index in [0.717, 1.165) is 12.1 Å². The van der Waals surface area contributed by atoms with E-state index >= 15 is 0 Å². The average Bonchev–Trinajstić information content (AvgIpc) is 3.19. The molecular formula is C20H18F6N4O5. The topological polar surface area (TPSA) is 156 Å². The number of aliphatic hydroxyl groups is 2. The maximum absolute atomic E-state index is 13.3. The molecule has 0 aliphatic carbocycles. The number of alkyl halides is 6. The molecular weight excluding hydrogens is 490 g/mol. The predicted molar refractivity (Wildman–Crippen MR) is 108 cm³/mol.